The van der Waals surface area contributed by atoms with Crippen LogP contribution in [0.15, 0.2) is 36.7 Å². The van der Waals surface area contributed by atoms with E-state index in [1.807, 2.05) is 35.1 Å². The first-order valence-corrected chi connectivity index (χ1v) is 7.41. The SMILES string of the molecule is COc1ccc(-n2cc(CCCNC(C)(C)C)cn2)cc1. The number of aryl methyl sites for hydroxylation is 1. The highest BCUT2D eigenvalue weighted by Gasteiger charge is 2.07. The number of nitrogens with one attached hydrogen (secondary N) is 1. The Morgan fingerprint density at radius 1 is 1.19 bits per heavy atom. The van der Waals surface area contributed by atoms with Crippen molar-refractivity contribution < 1.29 is 4.74 Å². The fraction of sp³-hybridized carbons (Fsp3) is 0.471. The van der Waals surface area contributed by atoms with Gasteiger partial charge in [0.1, 0.15) is 5.75 Å². The van der Waals surface area contributed by atoms with Crippen molar-refractivity contribution in [2.24, 2.45) is 0 Å². The minimum atomic E-state index is 0.188. The summed E-state index contributed by atoms with van der Waals surface area (Å²) in [5.41, 5.74) is 2.50. The Labute approximate surface area is 127 Å². The van der Waals surface area contributed by atoms with Gasteiger partial charge in [0.15, 0.2) is 0 Å². The number of benzene rings is 1. The van der Waals surface area contributed by atoms with Crippen molar-refractivity contribution in [3.8, 4) is 11.4 Å². The molecule has 1 aromatic carbocycles. The lowest BCUT2D eigenvalue weighted by Crippen LogP contribution is -2.36. The number of aromatic nitrogens is 2. The van der Waals surface area contributed by atoms with E-state index in [-0.39, 0.29) is 5.54 Å². The van der Waals surface area contributed by atoms with E-state index in [1.54, 1.807) is 7.11 Å². The molecule has 1 heterocycles. The van der Waals surface area contributed by atoms with Gasteiger partial charge in [-0.25, -0.2) is 4.68 Å². The summed E-state index contributed by atoms with van der Waals surface area (Å²) in [6, 6.07) is 7.92. The topological polar surface area (TPSA) is 39.1 Å². The van der Waals surface area contributed by atoms with Gasteiger partial charge in [-0.15, -0.1) is 0 Å². The maximum absolute atomic E-state index is 5.17. The minimum absolute atomic E-state index is 0.188. The van der Waals surface area contributed by atoms with Gasteiger partial charge in [-0.1, -0.05) is 0 Å². The Kier molecular flexibility index (Phi) is 5.02. The van der Waals surface area contributed by atoms with Gasteiger partial charge in [-0.3, -0.25) is 0 Å². The first-order valence-electron chi connectivity index (χ1n) is 7.41. The van der Waals surface area contributed by atoms with Crippen LogP contribution in [0.3, 0.4) is 0 Å². The zero-order valence-corrected chi connectivity index (χ0v) is 13.4. The van der Waals surface area contributed by atoms with E-state index in [9.17, 15) is 0 Å². The van der Waals surface area contributed by atoms with E-state index in [0.717, 1.165) is 30.8 Å². The monoisotopic (exact) mass is 287 g/mol. The number of hydrogen-bond acceptors (Lipinski definition) is 3. The number of nitrogens with zero attached hydrogens (tertiary/aromatic N) is 2. The summed E-state index contributed by atoms with van der Waals surface area (Å²) in [6.45, 7) is 7.59. The molecular formula is C17H25N3O. The number of rotatable bonds is 6. The Balaban J connectivity index is 1.88. The molecule has 0 saturated carbocycles. The second-order valence-electron chi connectivity index (χ2n) is 6.27. The molecule has 0 aliphatic carbocycles. The lowest BCUT2D eigenvalue weighted by Gasteiger charge is -2.20. The predicted molar refractivity (Wildman–Crippen MR) is 86.2 cm³/mol. The molecule has 4 nitrogen and oxygen atoms in total. The zero-order chi connectivity index (χ0) is 15.3. The molecule has 4 heteroatoms. The van der Waals surface area contributed by atoms with E-state index >= 15 is 0 Å². The molecule has 1 N–H and O–H groups in total. The van der Waals surface area contributed by atoms with Crippen LogP contribution in [0.2, 0.25) is 0 Å². The summed E-state index contributed by atoms with van der Waals surface area (Å²) in [6.07, 6.45) is 6.20. The molecule has 21 heavy (non-hydrogen) atoms. The summed E-state index contributed by atoms with van der Waals surface area (Å²) in [4.78, 5) is 0. The van der Waals surface area contributed by atoms with Crippen molar-refractivity contribution in [1.82, 2.24) is 15.1 Å². The maximum Gasteiger partial charge on any atom is 0.119 e. The van der Waals surface area contributed by atoms with Crippen LogP contribution in [0.5, 0.6) is 5.75 Å². The summed E-state index contributed by atoms with van der Waals surface area (Å²) >= 11 is 0. The van der Waals surface area contributed by atoms with Crippen LogP contribution in [0.4, 0.5) is 0 Å². The van der Waals surface area contributed by atoms with Crippen LogP contribution in [-0.4, -0.2) is 29.0 Å². The maximum atomic E-state index is 5.17. The van der Waals surface area contributed by atoms with Crippen molar-refractivity contribution in [3.05, 3.63) is 42.2 Å². The van der Waals surface area contributed by atoms with Gasteiger partial charge in [0.25, 0.3) is 0 Å². The molecular weight excluding hydrogens is 262 g/mol. The molecule has 0 bridgehead atoms. The van der Waals surface area contributed by atoms with Gasteiger partial charge in [-0.05, 0) is 70.0 Å². The molecule has 114 valence electrons. The van der Waals surface area contributed by atoms with Gasteiger partial charge < -0.3 is 10.1 Å². The van der Waals surface area contributed by atoms with Crippen molar-refractivity contribution >= 4 is 0 Å². The van der Waals surface area contributed by atoms with Crippen molar-refractivity contribution in [2.75, 3.05) is 13.7 Å². The first kappa shape index (κ1) is 15.6. The third-order valence-corrected chi connectivity index (χ3v) is 3.27. The number of hydrogen-bond donors (Lipinski definition) is 1. The third-order valence-electron chi connectivity index (χ3n) is 3.27. The smallest absolute Gasteiger partial charge is 0.119 e. The lowest BCUT2D eigenvalue weighted by molar-refractivity contribution is 0.414. The molecule has 0 fully saturated rings. The quantitative estimate of drug-likeness (QED) is 0.829. The predicted octanol–water partition coefficient (Wildman–Crippen LogP) is 3.20. The zero-order valence-electron chi connectivity index (χ0n) is 13.4. The molecule has 0 aliphatic heterocycles. The highest BCUT2D eigenvalue weighted by molar-refractivity contribution is 5.37. The lowest BCUT2D eigenvalue weighted by atomic mass is 10.1. The molecule has 0 amide bonds. The molecule has 0 unspecified atom stereocenters. The molecule has 0 radical (unpaired) electrons. The molecule has 0 saturated heterocycles. The van der Waals surface area contributed by atoms with Crippen LogP contribution in [0.25, 0.3) is 5.69 Å². The van der Waals surface area contributed by atoms with Gasteiger partial charge in [0, 0.05) is 11.7 Å². The minimum Gasteiger partial charge on any atom is -0.497 e. The van der Waals surface area contributed by atoms with Gasteiger partial charge in [0.2, 0.25) is 0 Å². The van der Waals surface area contributed by atoms with Crippen LogP contribution in [-0.2, 0) is 6.42 Å². The fourth-order valence-electron chi connectivity index (χ4n) is 2.12. The first-order chi connectivity index (χ1) is 9.98. The Bertz CT molecular complexity index is 552. The van der Waals surface area contributed by atoms with Gasteiger partial charge >= 0.3 is 0 Å². The molecule has 0 atom stereocenters. The normalized spacial score (nSPS) is 11.6. The van der Waals surface area contributed by atoms with Crippen LogP contribution in [0, 0.1) is 0 Å². The standard InChI is InChI=1S/C17H25N3O/c1-17(2,3)18-11-5-6-14-12-19-20(13-14)15-7-9-16(21-4)10-8-15/h7-10,12-13,18H,5-6,11H2,1-4H3. The van der Waals surface area contributed by atoms with Crippen LogP contribution in [0.1, 0.15) is 32.8 Å². The average Bonchev–Trinajstić information content (AvgIpc) is 2.91. The number of methoxy groups -OCH3 is 1. The van der Waals surface area contributed by atoms with E-state index < -0.39 is 0 Å². The van der Waals surface area contributed by atoms with Crippen LogP contribution < -0.4 is 10.1 Å². The average molecular weight is 287 g/mol. The summed E-state index contributed by atoms with van der Waals surface area (Å²) in [5.74, 6) is 0.861. The third kappa shape index (κ3) is 4.90. The summed E-state index contributed by atoms with van der Waals surface area (Å²) in [7, 11) is 1.67. The second-order valence-corrected chi connectivity index (χ2v) is 6.27. The Hall–Kier alpha value is -1.81. The van der Waals surface area contributed by atoms with E-state index in [0.29, 0.717) is 0 Å². The molecule has 1 aromatic heterocycles. The van der Waals surface area contributed by atoms with Crippen LogP contribution >= 0.6 is 0 Å². The summed E-state index contributed by atoms with van der Waals surface area (Å²) in [5, 5.41) is 7.93. The van der Waals surface area contributed by atoms with E-state index in [2.05, 4.69) is 37.4 Å². The highest BCUT2D eigenvalue weighted by Crippen LogP contribution is 2.15. The molecule has 0 spiro atoms. The molecule has 2 aromatic rings. The Morgan fingerprint density at radius 2 is 1.90 bits per heavy atom. The highest BCUT2D eigenvalue weighted by atomic mass is 16.5. The fourth-order valence-corrected chi connectivity index (χ4v) is 2.12. The van der Waals surface area contributed by atoms with Crippen molar-refractivity contribution in [2.45, 2.75) is 39.2 Å². The Morgan fingerprint density at radius 3 is 2.52 bits per heavy atom. The largest absolute Gasteiger partial charge is 0.497 e. The van der Waals surface area contributed by atoms with Gasteiger partial charge in [0.05, 0.1) is 19.0 Å². The van der Waals surface area contributed by atoms with Crippen molar-refractivity contribution in [1.29, 1.82) is 0 Å². The second kappa shape index (κ2) is 6.76. The van der Waals surface area contributed by atoms with Crippen molar-refractivity contribution in [3.63, 3.8) is 0 Å². The van der Waals surface area contributed by atoms with Gasteiger partial charge in [-0.2, -0.15) is 5.10 Å². The van der Waals surface area contributed by atoms with E-state index in [4.69, 9.17) is 4.74 Å². The molecule has 2 rings (SSSR count). The van der Waals surface area contributed by atoms with E-state index in [1.165, 1.54) is 5.56 Å². The number of ether oxygens (including phenoxy) is 1. The molecule has 0 aliphatic rings. The summed E-state index contributed by atoms with van der Waals surface area (Å²) < 4.78 is 7.08.